The summed E-state index contributed by atoms with van der Waals surface area (Å²) in [5.41, 5.74) is 0. The first kappa shape index (κ1) is 63.3. The largest absolute Gasteiger partial charge is 0.462 e. The lowest BCUT2D eigenvalue weighted by molar-refractivity contribution is -0.167. The van der Waals surface area contributed by atoms with E-state index in [1.807, 2.05) is 0 Å². The molecule has 0 amide bonds. The third kappa shape index (κ3) is 53.2. The van der Waals surface area contributed by atoms with Gasteiger partial charge in [-0.3, -0.25) is 14.4 Å². The van der Waals surface area contributed by atoms with E-state index >= 15 is 0 Å². The maximum atomic E-state index is 12.8. The second-order valence-electron chi connectivity index (χ2n) is 18.1. The standard InChI is InChI=1S/C61H102O6/c1-4-7-10-13-16-19-22-25-27-29-30-32-33-36-39-42-45-48-51-54-60(63)66-57-58(56-65-59(62)53-50-47-44-41-38-35-24-21-18-15-12-9-6-3)67-61(64)55-52-49-46-43-40-37-34-31-28-26-23-20-17-14-11-8-5-2/h7-8,10-11,16-17,19-21,24-28,30,32,58H,4-6,9,12-15,18,22-23,29,31,33-57H2,1-3H3/b10-7-,11-8-,19-16-,20-17-,24-21-,27-25-,28-26-,32-30-. The average molecular weight is 931 g/mol. The minimum atomic E-state index is -0.793. The minimum Gasteiger partial charge on any atom is -0.462 e. The molecular formula is C61H102O6. The monoisotopic (exact) mass is 931 g/mol. The van der Waals surface area contributed by atoms with E-state index < -0.39 is 6.10 Å². The zero-order valence-corrected chi connectivity index (χ0v) is 43.6. The maximum Gasteiger partial charge on any atom is 0.306 e. The number of hydrogen-bond acceptors (Lipinski definition) is 6. The second-order valence-corrected chi connectivity index (χ2v) is 18.1. The summed E-state index contributed by atoms with van der Waals surface area (Å²) in [5, 5.41) is 0. The van der Waals surface area contributed by atoms with Gasteiger partial charge in [0, 0.05) is 19.3 Å². The van der Waals surface area contributed by atoms with Crippen LogP contribution in [0.3, 0.4) is 0 Å². The molecule has 0 aliphatic rings. The van der Waals surface area contributed by atoms with Crippen molar-refractivity contribution in [3.63, 3.8) is 0 Å². The van der Waals surface area contributed by atoms with Crippen molar-refractivity contribution in [2.75, 3.05) is 13.2 Å². The summed E-state index contributed by atoms with van der Waals surface area (Å²) in [4.78, 5) is 38.1. The Morgan fingerprint density at radius 2 is 0.582 bits per heavy atom. The van der Waals surface area contributed by atoms with Crippen LogP contribution in [0.4, 0.5) is 0 Å². The molecule has 0 spiro atoms. The van der Waals surface area contributed by atoms with Crippen molar-refractivity contribution in [1.82, 2.24) is 0 Å². The van der Waals surface area contributed by atoms with E-state index in [4.69, 9.17) is 14.2 Å². The molecule has 0 radical (unpaired) electrons. The lowest BCUT2D eigenvalue weighted by Crippen LogP contribution is -2.30. The highest BCUT2D eigenvalue weighted by atomic mass is 16.6. The molecule has 382 valence electrons. The topological polar surface area (TPSA) is 78.9 Å². The molecule has 67 heavy (non-hydrogen) atoms. The van der Waals surface area contributed by atoms with Crippen molar-refractivity contribution in [3.8, 4) is 0 Å². The van der Waals surface area contributed by atoms with E-state index in [9.17, 15) is 14.4 Å². The molecule has 6 heteroatoms. The molecule has 0 heterocycles. The number of unbranched alkanes of at least 4 members (excludes halogenated alkanes) is 22. The molecule has 0 fully saturated rings. The van der Waals surface area contributed by atoms with Crippen molar-refractivity contribution in [2.45, 2.75) is 258 Å². The Kier molecular flexibility index (Phi) is 51.9. The SMILES string of the molecule is CC/C=C\C/C=C\C/C=C\C/C=C\CCCCCCCCC(=O)OCC(COC(=O)CCCCCCC/C=C\CCCCCC)OC(=O)CCCCCCCCC/C=C\C/C=C\C/C=C\CC. The normalized spacial score (nSPS) is 12.8. The number of ether oxygens (including phenoxy) is 3. The summed E-state index contributed by atoms with van der Waals surface area (Å²) in [6.07, 6.45) is 72.4. The summed E-state index contributed by atoms with van der Waals surface area (Å²) >= 11 is 0. The molecule has 1 atom stereocenters. The highest BCUT2D eigenvalue weighted by Gasteiger charge is 2.19. The third-order valence-corrected chi connectivity index (χ3v) is 11.6. The summed E-state index contributed by atoms with van der Waals surface area (Å²) in [5.74, 6) is -0.922. The van der Waals surface area contributed by atoms with Crippen LogP contribution in [-0.2, 0) is 28.6 Å². The van der Waals surface area contributed by atoms with Gasteiger partial charge in [-0.25, -0.2) is 0 Å². The van der Waals surface area contributed by atoms with Gasteiger partial charge in [-0.1, -0.05) is 214 Å². The molecule has 0 N–H and O–H groups in total. The van der Waals surface area contributed by atoms with Crippen LogP contribution in [0.15, 0.2) is 97.2 Å². The molecule has 0 bridgehead atoms. The van der Waals surface area contributed by atoms with Gasteiger partial charge in [0.15, 0.2) is 6.10 Å². The molecule has 1 unspecified atom stereocenters. The van der Waals surface area contributed by atoms with E-state index in [2.05, 4.69) is 118 Å². The summed E-state index contributed by atoms with van der Waals surface area (Å²) in [6, 6.07) is 0. The van der Waals surface area contributed by atoms with Crippen LogP contribution in [-0.4, -0.2) is 37.2 Å². The molecule has 0 aliphatic heterocycles. The quantitative estimate of drug-likeness (QED) is 0.0262. The predicted molar refractivity (Wildman–Crippen MR) is 288 cm³/mol. The maximum absolute atomic E-state index is 12.8. The molecule has 0 saturated heterocycles. The fraction of sp³-hybridized carbons (Fsp3) is 0.689. The van der Waals surface area contributed by atoms with Crippen LogP contribution in [0.25, 0.3) is 0 Å². The molecule has 6 nitrogen and oxygen atoms in total. The smallest absolute Gasteiger partial charge is 0.306 e. The van der Waals surface area contributed by atoms with E-state index in [0.29, 0.717) is 19.3 Å². The number of esters is 3. The fourth-order valence-electron chi connectivity index (χ4n) is 7.44. The van der Waals surface area contributed by atoms with Crippen LogP contribution in [0.5, 0.6) is 0 Å². The summed E-state index contributed by atoms with van der Waals surface area (Å²) < 4.78 is 16.8. The lowest BCUT2D eigenvalue weighted by atomic mass is 10.1. The van der Waals surface area contributed by atoms with Gasteiger partial charge >= 0.3 is 17.9 Å². The first-order valence-corrected chi connectivity index (χ1v) is 27.7. The zero-order chi connectivity index (χ0) is 48.6. The number of hydrogen-bond donors (Lipinski definition) is 0. The highest BCUT2D eigenvalue weighted by molar-refractivity contribution is 5.71. The Hall–Kier alpha value is -3.67. The first-order valence-electron chi connectivity index (χ1n) is 27.7. The third-order valence-electron chi connectivity index (χ3n) is 11.6. The Morgan fingerprint density at radius 3 is 0.925 bits per heavy atom. The molecule has 0 aromatic heterocycles. The van der Waals surface area contributed by atoms with E-state index in [0.717, 1.165) is 128 Å². The second kappa shape index (κ2) is 54.9. The fourth-order valence-corrected chi connectivity index (χ4v) is 7.44. The van der Waals surface area contributed by atoms with Crippen LogP contribution < -0.4 is 0 Å². The number of rotatable bonds is 49. The zero-order valence-electron chi connectivity index (χ0n) is 43.6. The lowest BCUT2D eigenvalue weighted by Gasteiger charge is -2.18. The molecule has 0 aromatic carbocycles. The van der Waals surface area contributed by atoms with Gasteiger partial charge < -0.3 is 14.2 Å². The van der Waals surface area contributed by atoms with Crippen LogP contribution in [0, 0.1) is 0 Å². The van der Waals surface area contributed by atoms with E-state index in [1.54, 1.807) is 0 Å². The Morgan fingerprint density at radius 1 is 0.313 bits per heavy atom. The number of carbonyl (C=O) groups is 3. The number of allylic oxidation sites excluding steroid dienone is 16. The van der Waals surface area contributed by atoms with Crippen molar-refractivity contribution in [3.05, 3.63) is 97.2 Å². The molecular weight excluding hydrogens is 829 g/mol. The first-order chi connectivity index (χ1) is 33.0. The summed E-state index contributed by atoms with van der Waals surface area (Å²) in [6.45, 7) is 6.38. The van der Waals surface area contributed by atoms with Crippen molar-refractivity contribution in [1.29, 1.82) is 0 Å². The average Bonchev–Trinajstić information content (AvgIpc) is 3.33. The van der Waals surface area contributed by atoms with E-state index in [-0.39, 0.29) is 31.1 Å². The van der Waals surface area contributed by atoms with Crippen molar-refractivity contribution < 1.29 is 28.6 Å². The van der Waals surface area contributed by atoms with Gasteiger partial charge in [0.05, 0.1) is 0 Å². The van der Waals surface area contributed by atoms with Crippen LogP contribution >= 0.6 is 0 Å². The molecule has 0 aliphatic carbocycles. The van der Waals surface area contributed by atoms with Crippen molar-refractivity contribution in [2.24, 2.45) is 0 Å². The van der Waals surface area contributed by atoms with Gasteiger partial charge in [0.1, 0.15) is 13.2 Å². The van der Waals surface area contributed by atoms with Gasteiger partial charge in [-0.15, -0.1) is 0 Å². The van der Waals surface area contributed by atoms with E-state index in [1.165, 1.54) is 83.5 Å². The Balaban J connectivity index is 4.43. The van der Waals surface area contributed by atoms with Gasteiger partial charge in [-0.05, 0) is 116 Å². The van der Waals surface area contributed by atoms with Gasteiger partial charge in [0.2, 0.25) is 0 Å². The number of carbonyl (C=O) groups excluding carboxylic acids is 3. The van der Waals surface area contributed by atoms with Gasteiger partial charge in [-0.2, -0.15) is 0 Å². The predicted octanol–water partition coefficient (Wildman–Crippen LogP) is 18.5. The highest BCUT2D eigenvalue weighted by Crippen LogP contribution is 2.14. The summed E-state index contributed by atoms with van der Waals surface area (Å²) in [7, 11) is 0. The Bertz CT molecular complexity index is 1350. The van der Waals surface area contributed by atoms with Gasteiger partial charge in [0.25, 0.3) is 0 Å². The molecule has 0 saturated carbocycles. The van der Waals surface area contributed by atoms with Crippen LogP contribution in [0.1, 0.15) is 252 Å². The molecule has 0 rings (SSSR count). The van der Waals surface area contributed by atoms with Crippen LogP contribution in [0.2, 0.25) is 0 Å². The Labute approximate surface area is 413 Å². The van der Waals surface area contributed by atoms with Crippen molar-refractivity contribution >= 4 is 17.9 Å². The molecule has 0 aromatic rings. The minimum absolute atomic E-state index is 0.0912.